The molecule has 1 aromatic rings. The van der Waals surface area contributed by atoms with Gasteiger partial charge < -0.3 is 9.64 Å². The van der Waals surface area contributed by atoms with Gasteiger partial charge in [-0.05, 0) is 30.7 Å². The molecule has 0 bridgehead atoms. The zero-order valence-corrected chi connectivity index (χ0v) is 16.2. The lowest BCUT2D eigenvalue weighted by atomic mass is 10.1. The van der Waals surface area contributed by atoms with E-state index >= 15 is 0 Å². The molecule has 0 spiro atoms. The van der Waals surface area contributed by atoms with Crippen LogP contribution in [0.4, 0.5) is 10.5 Å². The van der Waals surface area contributed by atoms with Crippen molar-refractivity contribution in [1.29, 1.82) is 0 Å². The van der Waals surface area contributed by atoms with Crippen LogP contribution in [0.3, 0.4) is 0 Å². The number of carbonyl (C=O) groups is 3. The number of rotatable bonds is 5. The van der Waals surface area contributed by atoms with Gasteiger partial charge in [0.1, 0.15) is 5.57 Å². The number of ether oxygens (including phenoxy) is 1. The topological polar surface area (TPSA) is 70.2 Å². The summed E-state index contributed by atoms with van der Waals surface area (Å²) >= 11 is 0. The summed E-state index contributed by atoms with van der Waals surface area (Å²) in [4.78, 5) is 40.0. The van der Waals surface area contributed by atoms with E-state index < -0.39 is 17.8 Å². The molecule has 7 nitrogen and oxygen atoms in total. The number of hydrogen-bond acceptors (Lipinski definition) is 5. The molecule has 0 radical (unpaired) electrons. The monoisotopic (exact) mass is 381 g/mol. The highest BCUT2D eigenvalue weighted by atomic mass is 16.5. The molecule has 2 heterocycles. The average molecular weight is 381 g/mol. The number of barbiturate groups is 1. The highest BCUT2D eigenvalue weighted by molar-refractivity contribution is 6.28. The van der Waals surface area contributed by atoms with Gasteiger partial charge in [-0.2, -0.15) is 0 Å². The Morgan fingerprint density at radius 3 is 2.29 bits per heavy atom. The first-order chi connectivity index (χ1) is 13.5. The lowest BCUT2D eigenvalue weighted by molar-refractivity contribution is -0.134. The van der Waals surface area contributed by atoms with Gasteiger partial charge in [0.05, 0.1) is 5.69 Å². The predicted molar refractivity (Wildman–Crippen MR) is 106 cm³/mol. The molecule has 3 rings (SSSR count). The molecule has 0 saturated carbocycles. The van der Waals surface area contributed by atoms with Crippen LogP contribution >= 0.6 is 0 Å². The van der Waals surface area contributed by atoms with Crippen LogP contribution in [0.1, 0.15) is 19.8 Å². The minimum Gasteiger partial charge on any atom is -0.439 e. The largest absolute Gasteiger partial charge is 0.439 e. The molecular formula is C21H23N3O4. The molecule has 28 heavy (non-hydrogen) atoms. The van der Waals surface area contributed by atoms with Crippen molar-refractivity contribution in [2.45, 2.75) is 19.8 Å². The number of nitrogens with zero attached hydrogens (tertiary/aromatic N) is 3. The van der Waals surface area contributed by atoms with Gasteiger partial charge in [-0.25, -0.2) is 4.79 Å². The summed E-state index contributed by atoms with van der Waals surface area (Å²) < 4.78 is 5.92. The Morgan fingerprint density at radius 1 is 0.964 bits per heavy atom. The SMILES string of the molecule is CCCCN1/C(=C/C=C/C=C2C(=O)N(C)C(=O)N(C)C2=O)Oc2ccccc21. The maximum Gasteiger partial charge on any atom is 0.333 e. The molecule has 1 saturated heterocycles. The number of urea groups is 1. The molecule has 1 aromatic carbocycles. The number of fused-ring (bicyclic) bond motifs is 1. The molecule has 4 amide bonds. The standard InChI is InChI=1S/C21H23N3O4/c1-4-5-14-24-16-11-7-8-12-17(16)28-18(24)13-9-6-10-15-19(25)22(2)21(27)23(3)20(15)26/h6-13H,4-5,14H2,1-3H3/b9-6+,18-13-. The molecule has 146 valence electrons. The van der Waals surface area contributed by atoms with E-state index in [1.165, 1.54) is 20.2 Å². The lowest BCUT2D eigenvalue weighted by Gasteiger charge is -2.28. The molecule has 0 unspecified atom stereocenters. The van der Waals surface area contributed by atoms with Gasteiger partial charge in [0.25, 0.3) is 11.8 Å². The Labute approximate surface area is 164 Å². The third-order valence-electron chi connectivity index (χ3n) is 4.63. The number of carbonyl (C=O) groups excluding carboxylic acids is 3. The minimum absolute atomic E-state index is 0.0577. The van der Waals surface area contributed by atoms with Crippen LogP contribution < -0.4 is 9.64 Å². The van der Waals surface area contributed by atoms with Crippen molar-refractivity contribution in [3.05, 3.63) is 60.0 Å². The first kappa shape index (κ1) is 19.4. The summed E-state index contributed by atoms with van der Waals surface area (Å²) in [5.41, 5.74) is 0.964. The highest BCUT2D eigenvalue weighted by Crippen LogP contribution is 2.38. The van der Waals surface area contributed by atoms with E-state index in [0.717, 1.165) is 40.6 Å². The van der Waals surface area contributed by atoms with E-state index in [2.05, 4.69) is 11.8 Å². The summed E-state index contributed by atoms with van der Waals surface area (Å²) in [7, 11) is 2.70. The summed E-state index contributed by atoms with van der Waals surface area (Å²) in [6.07, 6.45) is 8.61. The van der Waals surface area contributed by atoms with E-state index in [1.807, 2.05) is 24.3 Å². The van der Waals surface area contributed by atoms with E-state index in [9.17, 15) is 14.4 Å². The van der Waals surface area contributed by atoms with Crippen LogP contribution in [-0.2, 0) is 9.59 Å². The van der Waals surface area contributed by atoms with Crippen LogP contribution in [0, 0.1) is 0 Å². The molecule has 0 aromatic heterocycles. The second kappa shape index (κ2) is 8.12. The zero-order chi connectivity index (χ0) is 20.3. The summed E-state index contributed by atoms with van der Waals surface area (Å²) in [6, 6.07) is 7.19. The molecule has 2 aliphatic heterocycles. The number of benzene rings is 1. The fourth-order valence-corrected chi connectivity index (χ4v) is 3.01. The van der Waals surface area contributed by atoms with Gasteiger partial charge in [-0.3, -0.25) is 19.4 Å². The molecule has 1 fully saturated rings. The molecule has 2 aliphatic rings. The van der Waals surface area contributed by atoms with Crippen LogP contribution in [0.2, 0.25) is 0 Å². The van der Waals surface area contributed by atoms with E-state index in [4.69, 9.17) is 4.74 Å². The van der Waals surface area contributed by atoms with Crippen molar-refractivity contribution in [3.63, 3.8) is 0 Å². The Morgan fingerprint density at radius 2 is 1.61 bits per heavy atom. The third-order valence-corrected chi connectivity index (χ3v) is 4.63. The predicted octanol–water partition coefficient (Wildman–Crippen LogP) is 3.06. The van der Waals surface area contributed by atoms with Crippen molar-refractivity contribution in [2.24, 2.45) is 0 Å². The van der Waals surface area contributed by atoms with Crippen LogP contribution in [0.5, 0.6) is 5.75 Å². The van der Waals surface area contributed by atoms with E-state index in [0.29, 0.717) is 5.88 Å². The first-order valence-electron chi connectivity index (χ1n) is 9.18. The number of likely N-dealkylation sites (N-methyl/N-ethyl adjacent to an activating group) is 2. The fourth-order valence-electron chi connectivity index (χ4n) is 3.01. The third kappa shape index (κ3) is 3.55. The maximum absolute atomic E-state index is 12.2. The quantitative estimate of drug-likeness (QED) is 0.579. The van der Waals surface area contributed by atoms with Crippen molar-refractivity contribution in [2.75, 3.05) is 25.5 Å². The maximum atomic E-state index is 12.2. The minimum atomic E-state index is -0.637. The lowest BCUT2D eigenvalue weighted by Crippen LogP contribution is -2.52. The Bertz CT molecular complexity index is 875. The Kier molecular flexibility index (Phi) is 5.63. The van der Waals surface area contributed by atoms with Gasteiger partial charge in [-0.15, -0.1) is 0 Å². The van der Waals surface area contributed by atoms with Crippen molar-refractivity contribution in [3.8, 4) is 5.75 Å². The molecule has 0 aliphatic carbocycles. The second-order valence-corrected chi connectivity index (χ2v) is 6.56. The molecule has 0 atom stereocenters. The number of unbranched alkanes of at least 4 members (excludes halogenated alkanes) is 1. The average Bonchev–Trinajstić information content (AvgIpc) is 3.06. The van der Waals surface area contributed by atoms with Crippen molar-refractivity contribution >= 4 is 23.5 Å². The first-order valence-corrected chi connectivity index (χ1v) is 9.18. The van der Waals surface area contributed by atoms with Crippen molar-refractivity contribution in [1.82, 2.24) is 9.80 Å². The smallest absolute Gasteiger partial charge is 0.333 e. The number of allylic oxidation sites excluding steroid dienone is 4. The van der Waals surface area contributed by atoms with Crippen molar-refractivity contribution < 1.29 is 19.1 Å². The van der Waals surface area contributed by atoms with Crippen LogP contribution in [-0.4, -0.2) is 48.3 Å². The van der Waals surface area contributed by atoms with E-state index in [-0.39, 0.29) is 5.57 Å². The van der Waals surface area contributed by atoms with Gasteiger partial charge in [0.15, 0.2) is 5.75 Å². The number of para-hydroxylation sites is 2. The van der Waals surface area contributed by atoms with Gasteiger partial charge in [-0.1, -0.05) is 37.6 Å². The summed E-state index contributed by atoms with van der Waals surface area (Å²) in [5.74, 6) is 0.269. The number of imide groups is 2. The van der Waals surface area contributed by atoms with Gasteiger partial charge in [0, 0.05) is 20.6 Å². The zero-order valence-electron chi connectivity index (χ0n) is 16.2. The van der Waals surface area contributed by atoms with Gasteiger partial charge in [0.2, 0.25) is 5.88 Å². The van der Waals surface area contributed by atoms with Crippen LogP contribution in [0.15, 0.2) is 60.0 Å². The Balaban J connectivity index is 1.80. The van der Waals surface area contributed by atoms with Crippen LogP contribution in [0.25, 0.3) is 0 Å². The molecule has 0 N–H and O–H groups in total. The Hall–Kier alpha value is -3.35. The molecular weight excluding hydrogens is 358 g/mol. The fraction of sp³-hybridized carbons (Fsp3) is 0.286. The van der Waals surface area contributed by atoms with Gasteiger partial charge >= 0.3 is 6.03 Å². The second-order valence-electron chi connectivity index (χ2n) is 6.56. The number of amides is 4. The number of anilines is 1. The number of hydrogen-bond donors (Lipinski definition) is 0. The normalized spacial score (nSPS) is 18.4. The summed E-state index contributed by atoms with van der Waals surface area (Å²) in [6.45, 7) is 2.97. The van der Waals surface area contributed by atoms with E-state index in [1.54, 1.807) is 18.2 Å². The molecule has 7 heteroatoms. The summed E-state index contributed by atoms with van der Waals surface area (Å²) in [5, 5.41) is 0. The highest BCUT2D eigenvalue weighted by Gasteiger charge is 2.37.